The van der Waals surface area contributed by atoms with Crippen LogP contribution in [0, 0.1) is 0 Å². The molecule has 0 N–H and O–H groups in total. The number of hydrogen-bond acceptors (Lipinski definition) is 2. The Morgan fingerprint density at radius 1 is 0.410 bits per heavy atom. The highest BCUT2D eigenvalue weighted by Gasteiger charge is 2.31. The van der Waals surface area contributed by atoms with Gasteiger partial charge in [0.2, 0.25) is 0 Å². The minimum absolute atomic E-state index is 0.0607. The standard InChI is InChI=1S/C57H44N4/c1-56(2,3)35-29-43-48-39-23-15-13-17-33(39)25-26-45(48)60-47-32-58-55-51(49(47)44(30-35)52(43)60)50-40-24-16-14-18-34(40)27-41-42-28-36(57(4,5)6)31-46(53(42)61(55)54(41)50)59(37-19-9-7-10-20-37)38-21-11-8-12-22-38/h7-32H,1-6H3. The number of aromatic nitrogens is 3. The van der Waals surface area contributed by atoms with Crippen LogP contribution in [0.25, 0.3) is 97.9 Å². The first-order valence-corrected chi connectivity index (χ1v) is 21.6. The second kappa shape index (κ2) is 11.8. The van der Waals surface area contributed by atoms with Gasteiger partial charge in [-0.05, 0) is 104 Å². The van der Waals surface area contributed by atoms with Crippen LogP contribution in [0.3, 0.4) is 0 Å². The molecular formula is C57H44N4. The van der Waals surface area contributed by atoms with Gasteiger partial charge in [-0.25, -0.2) is 4.98 Å². The average Bonchev–Trinajstić information content (AvgIpc) is 3.99. The second-order valence-electron chi connectivity index (χ2n) is 19.3. The molecule has 13 rings (SSSR count). The van der Waals surface area contributed by atoms with E-state index in [2.05, 4.69) is 213 Å². The van der Waals surface area contributed by atoms with Crippen LogP contribution in [-0.2, 0) is 10.8 Å². The second-order valence-corrected chi connectivity index (χ2v) is 19.3. The van der Waals surface area contributed by atoms with Gasteiger partial charge in [-0.3, -0.25) is 4.40 Å². The van der Waals surface area contributed by atoms with E-state index in [0.717, 1.165) is 28.2 Å². The van der Waals surface area contributed by atoms with Gasteiger partial charge in [-0.1, -0.05) is 133 Å². The number of hydrogen-bond donors (Lipinski definition) is 0. The summed E-state index contributed by atoms with van der Waals surface area (Å²) in [5.74, 6) is 0. The number of anilines is 3. The summed E-state index contributed by atoms with van der Waals surface area (Å²) in [5.41, 5.74) is 12.9. The first-order chi connectivity index (χ1) is 29.6. The van der Waals surface area contributed by atoms with E-state index < -0.39 is 0 Å². The molecule has 0 radical (unpaired) electrons. The zero-order valence-electron chi connectivity index (χ0n) is 35.3. The van der Waals surface area contributed by atoms with Crippen LogP contribution in [0.5, 0.6) is 0 Å². The first-order valence-electron chi connectivity index (χ1n) is 21.6. The predicted molar refractivity (Wildman–Crippen MR) is 261 cm³/mol. The molecule has 61 heavy (non-hydrogen) atoms. The highest BCUT2D eigenvalue weighted by atomic mass is 15.2. The lowest BCUT2D eigenvalue weighted by molar-refractivity contribution is 0.591. The topological polar surface area (TPSA) is 24.9 Å². The molecule has 0 aliphatic carbocycles. The van der Waals surface area contributed by atoms with Crippen LogP contribution in [0.4, 0.5) is 17.1 Å². The van der Waals surface area contributed by atoms with Gasteiger partial charge in [0.15, 0.2) is 0 Å². The van der Waals surface area contributed by atoms with Crippen molar-refractivity contribution in [2.75, 3.05) is 4.90 Å². The van der Waals surface area contributed by atoms with Crippen molar-refractivity contribution in [2.45, 2.75) is 52.4 Å². The molecule has 5 aromatic heterocycles. The van der Waals surface area contributed by atoms with E-state index in [4.69, 9.17) is 4.98 Å². The van der Waals surface area contributed by atoms with E-state index in [1.165, 1.54) is 97.8 Å². The summed E-state index contributed by atoms with van der Waals surface area (Å²) in [6, 6.07) is 56.4. The Balaban J connectivity index is 1.29. The fourth-order valence-corrected chi connectivity index (χ4v) is 10.7. The summed E-state index contributed by atoms with van der Waals surface area (Å²) in [4.78, 5) is 8.08. The smallest absolute Gasteiger partial charge is 0.146 e. The van der Waals surface area contributed by atoms with Gasteiger partial charge in [0.25, 0.3) is 0 Å². The third kappa shape index (κ3) is 4.57. The molecule has 4 nitrogen and oxygen atoms in total. The normalized spacial score (nSPS) is 13.1. The van der Waals surface area contributed by atoms with Gasteiger partial charge >= 0.3 is 0 Å². The Bertz CT molecular complexity index is 3890. The zero-order chi connectivity index (χ0) is 41.1. The molecule has 0 saturated heterocycles. The first kappa shape index (κ1) is 34.7. The molecule has 0 bridgehead atoms. The van der Waals surface area contributed by atoms with Gasteiger partial charge in [-0.15, -0.1) is 0 Å². The van der Waals surface area contributed by atoms with Crippen LogP contribution < -0.4 is 4.90 Å². The molecule has 0 aliphatic rings. The molecule has 8 aromatic carbocycles. The molecule has 0 spiro atoms. The Morgan fingerprint density at radius 2 is 0.967 bits per heavy atom. The number of fused-ring (bicyclic) bond motifs is 17. The number of benzene rings is 8. The van der Waals surface area contributed by atoms with Crippen molar-refractivity contribution in [2.24, 2.45) is 0 Å². The van der Waals surface area contributed by atoms with Gasteiger partial charge in [0.05, 0.1) is 39.5 Å². The lowest BCUT2D eigenvalue weighted by Crippen LogP contribution is -2.15. The third-order valence-corrected chi connectivity index (χ3v) is 13.6. The fourth-order valence-electron chi connectivity index (χ4n) is 10.7. The van der Waals surface area contributed by atoms with Crippen molar-refractivity contribution in [3.05, 3.63) is 169 Å². The Kier molecular flexibility index (Phi) is 6.69. The van der Waals surface area contributed by atoms with Gasteiger partial charge < -0.3 is 9.30 Å². The highest BCUT2D eigenvalue weighted by molar-refractivity contribution is 6.40. The van der Waals surface area contributed by atoms with E-state index in [-0.39, 0.29) is 10.8 Å². The molecule has 0 unspecified atom stereocenters. The maximum Gasteiger partial charge on any atom is 0.146 e. The van der Waals surface area contributed by atoms with Gasteiger partial charge in [-0.2, -0.15) is 0 Å². The quantitative estimate of drug-likeness (QED) is 0.178. The van der Waals surface area contributed by atoms with Crippen LogP contribution in [0.15, 0.2) is 158 Å². The lowest BCUT2D eigenvalue weighted by atomic mass is 9.85. The summed E-state index contributed by atoms with van der Waals surface area (Å²) in [7, 11) is 0. The predicted octanol–water partition coefficient (Wildman–Crippen LogP) is 15.8. The van der Waals surface area contributed by atoms with Crippen molar-refractivity contribution in [3.8, 4) is 0 Å². The van der Waals surface area contributed by atoms with E-state index in [9.17, 15) is 0 Å². The molecule has 5 heterocycles. The van der Waals surface area contributed by atoms with Crippen molar-refractivity contribution in [3.63, 3.8) is 0 Å². The Hall–Kier alpha value is -7.17. The lowest BCUT2D eigenvalue weighted by Gasteiger charge is -2.29. The van der Waals surface area contributed by atoms with Gasteiger partial charge in [0.1, 0.15) is 5.65 Å². The molecule has 0 saturated carbocycles. The van der Waals surface area contributed by atoms with Crippen LogP contribution in [0.1, 0.15) is 52.7 Å². The Morgan fingerprint density at radius 3 is 1.64 bits per heavy atom. The van der Waals surface area contributed by atoms with Crippen molar-refractivity contribution < 1.29 is 0 Å². The highest BCUT2D eigenvalue weighted by Crippen LogP contribution is 2.52. The summed E-state index contributed by atoms with van der Waals surface area (Å²) in [6.45, 7) is 14.0. The zero-order valence-corrected chi connectivity index (χ0v) is 35.3. The maximum absolute atomic E-state index is 5.63. The SMILES string of the molecule is CC(C)(C)c1cc(N(c2ccccc2)c2ccccc2)c2c(c1)c1cc3ccccc3c3c4c5c6cc(C(C)(C)C)cc7c8c9ccccc9ccc8n(c5cnc4n2c13)c76. The number of pyridine rings is 1. The molecule has 0 amide bonds. The van der Waals surface area contributed by atoms with Crippen molar-refractivity contribution in [1.29, 1.82) is 0 Å². The molecule has 0 atom stereocenters. The number of rotatable bonds is 3. The molecular weight excluding hydrogens is 741 g/mol. The minimum Gasteiger partial charge on any atom is -0.308 e. The van der Waals surface area contributed by atoms with Crippen LogP contribution in [-0.4, -0.2) is 13.8 Å². The molecule has 292 valence electrons. The third-order valence-electron chi connectivity index (χ3n) is 13.6. The van der Waals surface area contributed by atoms with E-state index >= 15 is 0 Å². The summed E-state index contributed by atoms with van der Waals surface area (Å²) >= 11 is 0. The van der Waals surface area contributed by atoms with Gasteiger partial charge in [0, 0.05) is 54.5 Å². The number of para-hydroxylation sites is 2. The van der Waals surface area contributed by atoms with Crippen LogP contribution >= 0.6 is 0 Å². The molecule has 4 heteroatoms. The van der Waals surface area contributed by atoms with E-state index in [1.807, 2.05) is 0 Å². The summed E-state index contributed by atoms with van der Waals surface area (Å²) in [6.07, 6.45) is 2.17. The van der Waals surface area contributed by atoms with Crippen molar-refractivity contribution >= 4 is 115 Å². The molecule has 13 aromatic rings. The molecule has 0 fully saturated rings. The van der Waals surface area contributed by atoms with E-state index in [0.29, 0.717) is 0 Å². The Labute approximate surface area is 353 Å². The van der Waals surface area contributed by atoms with Crippen LogP contribution in [0.2, 0.25) is 0 Å². The minimum atomic E-state index is -0.0950. The average molecular weight is 785 g/mol. The van der Waals surface area contributed by atoms with E-state index in [1.54, 1.807) is 0 Å². The molecule has 0 aliphatic heterocycles. The monoisotopic (exact) mass is 784 g/mol. The maximum atomic E-state index is 5.63. The summed E-state index contributed by atoms with van der Waals surface area (Å²) in [5, 5.41) is 15.2. The number of nitrogens with zero attached hydrogens (tertiary/aromatic N) is 4. The fraction of sp³-hybridized carbons (Fsp3) is 0.140. The summed E-state index contributed by atoms with van der Waals surface area (Å²) < 4.78 is 5.04. The largest absolute Gasteiger partial charge is 0.308 e. The van der Waals surface area contributed by atoms with Crippen molar-refractivity contribution in [1.82, 2.24) is 13.8 Å².